The van der Waals surface area contributed by atoms with Crippen molar-refractivity contribution in [2.75, 3.05) is 19.8 Å². The molecule has 14 heteroatoms. The van der Waals surface area contributed by atoms with Gasteiger partial charge in [-0.2, -0.15) is 0 Å². The number of rotatable bonds is 10. The molecular weight excluding hydrogens is 495 g/mol. The molecule has 1 unspecified atom stereocenters. The van der Waals surface area contributed by atoms with E-state index in [0.717, 1.165) is 10.6 Å². The quantitative estimate of drug-likeness (QED) is 0.269. The van der Waals surface area contributed by atoms with E-state index in [1.807, 2.05) is 0 Å². The average Bonchev–Trinajstić information content (AvgIpc) is 3.01. The van der Waals surface area contributed by atoms with Crippen molar-refractivity contribution >= 4 is 25.4 Å². The van der Waals surface area contributed by atoms with Gasteiger partial charge >= 0.3 is 19.5 Å². The van der Waals surface area contributed by atoms with Crippen LogP contribution < -0.4 is 15.8 Å². The Balaban J connectivity index is 1.76. The predicted octanol–water partition coefficient (Wildman–Crippen LogP) is 1.58. The first-order valence-electron chi connectivity index (χ1n) is 10.2. The molecule has 0 spiro atoms. The summed E-state index contributed by atoms with van der Waals surface area (Å²) < 4.78 is 40.5. The van der Waals surface area contributed by atoms with Crippen LogP contribution in [0, 0.1) is 0 Å². The van der Waals surface area contributed by atoms with Crippen LogP contribution in [0.25, 0.3) is 0 Å². The van der Waals surface area contributed by atoms with Gasteiger partial charge in [0.15, 0.2) is 12.8 Å². The van der Waals surface area contributed by atoms with E-state index in [2.05, 4.69) is 4.98 Å². The summed E-state index contributed by atoms with van der Waals surface area (Å²) in [7, 11) is -4.40. The van der Waals surface area contributed by atoms with E-state index in [4.69, 9.17) is 34.6 Å². The molecule has 3 rings (SSSR count). The largest absolute Gasteiger partial charge is 0.530 e. The molecule has 12 nitrogen and oxygen atoms in total. The van der Waals surface area contributed by atoms with Crippen molar-refractivity contribution in [3.63, 3.8) is 0 Å². The first-order chi connectivity index (χ1) is 16.1. The van der Waals surface area contributed by atoms with E-state index in [9.17, 15) is 24.1 Å². The third kappa shape index (κ3) is 6.15. The molecule has 2 aromatic rings. The Morgan fingerprint density at radius 1 is 1.26 bits per heavy atom. The second-order valence-corrected chi connectivity index (χ2v) is 9.77. The van der Waals surface area contributed by atoms with Gasteiger partial charge in [0.25, 0.3) is 5.56 Å². The van der Waals surface area contributed by atoms with Gasteiger partial charge < -0.3 is 19.1 Å². The van der Waals surface area contributed by atoms with Gasteiger partial charge in [-0.1, -0.05) is 18.2 Å². The van der Waals surface area contributed by atoms with E-state index in [1.54, 1.807) is 25.1 Å². The van der Waals surface area contributed by atoms with Gasteiger partial charge in [0.1, 0.15) is 22.8 Å². The van der Waals surface area contributed by atoms with Crippen LogP contribution in [-0.4, -0.2) is 57.5 Å². The number of ether oxygens (including phenoxy) is 2. The van der Waals surface area contributed by atoms with Crippen LogP contribution in [-0.2, 0) is 27.9 Å². The lowest BCUT2D eigenvalue weighted by molar-refractivity contribution is -0.146. The number of nitrogens with zero attached hydrogens (tertiary/aromatic N) is 1. The molecule has 1 aliphatic rings. The Morgan fingerprint density at radius 3 is 2.62 bits per heavy atom. The third-order valence-electron chi connectivity index (χ3n) is 4.82. The zero-order valence-corrected chi connectivity index (χ0v) is 19.9. The normalized spacial score (nSPS) is 26.1. The van der Waals surface area contributed by atoms with Crippen LogP contribution in [0.15, 0.2) is 52.2 Å². The van der Waals surface area contributed by atoms with Crippen LogP contribution in [0.2, 0.25) is 0 Å². The van der Waals surface area contributed by atoms with Crippen molar-refractivity contribution in [2.45, 2.75) is 37.2 Å². The van der Waals surface area contributed by atoms with Crippen molar-refractivity contribution in [2.24, 2.45) is 0 Å². The maximum absolute atomic E-state index is 13.2. The van der Waals surface area contributed by atoms with Gasteiger partial charge in [0.05, 0.1) is 13.2 Å². The fourth-order valence-corrected chi connectivity index (χ4v) is 4.61. The Bertz CT molecular complexity index is 1150. The summed E-state index contributed by atoms with van der Waals surface area (Å²) in [4.78, 5) is 35.8. The second kappa shape index (κ2) is 10.9. The number of phosphoric ester groups is 1. The van der Waals surface area contributed by atoms with Gasteiger partial charge in [-0.25, -0.2) is 14.2 Å². The highest BCUT2D eigenvalue weighted by Gasteiger charge is 2.54. The lowest BCUT2D eigenvalue weighted by atomic mass is 10.0. The molecule has 0 bridgehead atoms. The standard InChI is InChI=1S/C20H24ClN2O10P/c1-3-29-16(25)12-31-34(28,33-13-7-5-4-6-8-13)30-11-14-17(26)20(2,21)18(32-14)23-10-9-15(24)22-19(23)27/h4-10,14,17-18,26H,3,11-12H2,1-2H3,(H,22,24,27)/t14-,17-,18-,20-,34?/m1/s1. The fourth-order valence-electron chi connectivity index (χ4n) is 3.16. The van der Waals surface area contributed by atoms with Crippen LogP contribution in [0.3, 0.4) is 0 Å². The Labute approximate surface area is 198 Å². The lowest BCUT2D eigenvalue weighted by Crippen LogP contribution is -2.43. The van der Waals surface area contributed by atoms with Crippen LogP contribution >= 0.6 is 19.4 Å². The number of carbonyl (C=O) groups excluding carboxylic acids is 1. The van der Waals surface area contributed by atoms with Gasteiger partial charge in [-0.05, 0) is 26.0 Å². The molecule has 2 N–H and O–H groups in total. The monoisotopic (exact) mass is 518 g/mol. The number of phosphoric acid groups is 1. The molecule has 5 atom stereocenters. The van der Waals surface area contributed by atoms with E-state index in [1.165, 1.54) is 25.3 Å². The number of benzene rings is 1. The van der Waals surface area contributed by atoms with Crippen LogP contribution in [0.5, 0.6) is 5.75 Å². The predicted molar refractivity (Wildman–Crippen MR) is 119 cm³/mol. The summed E-state index contributed by atoms with van der Waals surface area (Å²) >= 11 is 6.47. The van der Waals surface area contributed by atoms with Crippen molar-refractivity contribution in [3.8, 4) is 5.75 Å². The topological polar surface area (TPSA) is 155 Å². The van der Waals surface area contributed by atoms with E-state index in [-0.39, 0.29) is 12.4 Å². The highest BCUT2D eigenvalue weighted by atomic mass is 35.5. The summed E-state index contributed by atoms with van der Waals surface area (Å²) in [6, 6.07) is 9.05. The fraction of sp³-hybridized carbons (Fsp3) is 0.450. The minimum absolute atomic E-state index is 0.0921. The van der Waals surface area contributed by atoms with Crippen LogP contribution in [0.1, 0.15) is 20.1 Å². The van der Waals surface area contributed by atoms with E-state index < -0.39 is 61.6 Å². The number of nitrogens with one attached hydrogen (secondary N) is 1. The van der Waals surface area contributed by atoms with Crippen molar-refractivity contribution < 1.29 is 37.5 Å². The second-order valence-electron chi connectivity index (χ2n) is 7.37. The molecule has 0 radical (unpaired) electrons. The number of alkyl halides is 1. The van der Waals surface area contributed by atoms with Crippen LogP contribution in [0.4, 0.5) is 0 Å². The number of esters is 1. The minimum atomic E-state index is -4.40. The number of para-hydroxylation sites is 1. The van der Waals surface area contributed by atoms with Gasteiger partial charge in [0.2, 0.25) is 0 Å². The smallest absolute Gasteiger partial charge is 0.464 e. The average molecular weight is 519 g/mol. The van der Waals surface area contributed by atoms with Crippen molar-refractivity contribution in [1.82, 2.24) is 9.55 Å². The molecular formula is C20H24ClN2O10P. The summed E-state index contributed by atoms with van der Waals surface area (Å²) in [5.74, 6) is -0.645. The Hall–Kier alpha value is -2.47. The third-order valence-corrected chi connectivity index (χ3v) is 6.58. The maximum Gasteiger partial charge on any atom is 0.530 e. The first kappa shape index (κ1) is 26.1. The number of halogens is 1. The summed E-state index contributed by atoms with van der Waals surface area (Å²) in [6.45, 7) is 1.87. The molecule has 1 aromatic heterocycles. The molecule has 0 saturated carbocycles. The molecule has 1 saturated heterocycles. The van der Waals surface area contributed by atoms with E-state index >= 15 is 0 Å². The number of aliphatic hydroxyl groups excluding tert-OH is 1. The summed E-state index contributed by atoms with van der Waals surface area (Å²) in [6.07, 6.45) is -2.59. The molecule has 1 aromatic carbocycles. The number of aromatic nitrogens is 2. The molecule has 1 fully saturated rings. The van der Waals surface area contributed by atoms with E-state index in [0.29, 0.717) is 0 Å². The minimum Gasteiger partial charge on any atom is -0.464 e. The van der Waals surface area contributed by atoms with Gasteiger partial charge in [-0.15, -0.1) is 11.6 Å². The number of hydrogen-bond donors (Lipinski definition) is 2. The lowest BCUT2D eigenvalue weighted by Gasteiger charge is -2.26. The zero-order chi connectivity index (χ0) is 24.9. The molecule has 2 heterocycles. The number of carbonyl (C=O) groups is 1. The highest BCUT2D eigenvalue weighted by molar-refractivity contribution is 7.49. The molecule has 1 aliphatic heterocycles. The molecule has 34 heavy (non-hydrogen) atoms. The number of aromatic amines is 1. The zero-order valence-electron chi connectivity index (χ0n) is 18.3. The van der Waals surface area contributed by atoms with Crippen molar-refractivity contribution in [3.05, 3.63) is 63.4 Å². The molecule has 0 amide bonds. The Kier molecular flexibility index (Phi) is 8.34. The summed E-state index contributed by atoms with van der Waals surface area (Å²) in [5, 5.41) is 10.7. The number of hydrogen-bond acceptors (Lipinski definition) is 10. The molecule has 0 aliphatic carbocycles. The number of H-pyrrole nitrogens is 1. The summed E-state index contributed by atoms with van der Waals surface area (Å²) in [5.41, 5.74) is -1.41. The maximum atomic E-state index is 13.2. The van der Waals surface area contributed by atoms with Gasteiger partial charge in [0, 0.05) is 12.3 Å². The SMILES string of the molecule is CCOC(=O)COP(=O)(OC[C@H]1O[C@@H](n2ccc(=O)[nH]c2=O)[C@](C)(Cl)[C@@H]1O)Oc1ccccc1. The molecule has 186 valence electrons. The first-order valence-corrected chi connectivity index (χ1v) is 12.0. The Morgan fingerprint density at radius 2 is 1.97 bits per heavy atom. The number of aliphatic hydroxyl groups is 1. The highest BCUT2D eigenvalue weighted by Crippen LogP contribution is 2.51. The van der Waals surface area contributed by atoms with Crippen molar-refractivity contribution in [1.29, 1.82) is 0 Å². The van der Waals surface area contributed by atoms with Gasteiger partial charge in [-0.3, -0.25) is 23.4 Å².